The molecule has 5 heteroatoms. The number of hydrogen-bond acceptors (Lipinski definition) is 3. The van der Waals surface area contributed by atoms with Gasteiger partial charge in [0.25, 0.3) is 0 Å². The number of aliphatic hydroxyl groups excluding tert-OH is 1. The standard InChI is InChI=1S/C14H19BrN2O2/c1-10-9-16(2)14(19)13(7-8-18)17(10)12-6-4-3-5-11(12)15/h3-6,10,13,18H,7-9H2,1-2H3. The minimum absolute atomic E-state index is 0.0118. The predicted molar refractivity (Wildman–Crippen MR) is 79.2 cm³/mol. The number of amides is 1. The fraction of sp³-hybridized carbons (Fsp3) is 0.500. The number of hydrogen-bond donors (Lipinski definition) is 1. The number of carbonyl (C=O) groups excluding carboxylic acids is 1. The fourth-order valence-corrected chi connectivity index (χ4v) is 3.20. The van der Waals surface area contributed by atoms with Crippen LogP contribution in [-0.4, -0.2) is 48.2 Å². The highest BCUT2D eigenvalue weighted by atomic mass is 79.9. The van der Waals surface area contributed by atoms with Gasteiger partial charge >= 0.3 is 0 Å². The first kappa shape index (κ1) is 14.3. The summed E-state index contributed by atoms with van der Waals surface area (Å²) in [6.45, 7) is 2.81. The van der Waals surface area contributed by atoms with Gasteiger partial charge in [0.15, 0.2) is 0 Å². The molecule has 0 radical (unpaired) electrons. The Morgan fingerprint density at radius 1 is 1.42 bits per heavy atom. The van der Waals surface area contributed by atoms with E-state index in [1.165, 1.54) is 0 Å². The average Bonchev–Trinajstić information content (AvgIpc) is 2.38. The maximum absolute atomic E-state index is 12.3. The van der Waals surface area contributed by atoms with Crippen molar-refractivity contribution in [2.24, 2.45) is 0 Å². The van der Waals surface area contributed by atoms with Crippen molar-refractivity contribution in [3.63, 3.8) is 0 Å². The second-order valence-corrected chi connectivity index (χ2v) is 5.81. The summed E-state index contributed by atoms with van der Waals surface area (Å²) in [7, 11) is 1.82. The van der Waals surface area contributed by atoms with Crippen LogP contribution in [0.1, 0.15) is 13.3 Å². The van der Waals surface area contributed by atoms with E-state index in [1.54, 1.807) is 4.90 Å². The van der Waals surface area contributed by atoms with E-state index in [2.05, 4.69) is 27.8 Å². The van der Waals surface area contributed by atoms with Crippen LogP contribution in [0.4, 0.5) is 5.69 Å². The molecule has 1 heterocycles. The minimum Gasteiger partial charge on any atom is -0.396 e. The molecule has 2 atom stereocenters. The van der Waals surface area contributed by atoms with Gasteiger partial charge in [-0.3, -0.25) is 4.79 Å². The van der Waals surface area contributed by atoms with Gasteiger partial charge in [0.05, 0.1) is 5.69 Å². The molecule has 104 valence electrons. The van der Waals surface area contributed by atoms with Crippen molar-refractivity contribution in [3.8, 4) is 0 Å². The van der Waals surface area contributed by atoms with Gasteiger partial charge in [0, 0.05) is 30.7 Å². The third-order valence-corrected chi connectivity index (χ3v) is 4.21. The molecule has 1 aliphatic rings. The lowest BCUT2D eigenvalue weighted by Crippen LogP contribution is -2.60. The second-order valence-electron chi connectivity index (χ2n) is 4.95. The van der Waals surface area contributed by atoms with Crippen LogP contribution in [0, 0.1) is 0 Å². The van der Waals surface area contributed by atoms with E-state index in [0.717, 1.165) is 10.2 Å². The molecule has 1 amide bonds. The number of halogens is 1. The van der Waals surface area contributed by atoms with Crippen LogP contribution >= 0.6 is 15.9 Å². The van der Waals surface area contributed by atoms with Crippen molar-refractivity contribution in [2.75, 3.05) is 25.1 Å². The molecule has 0 aliphatic carbocycles. The predicted octanol–water partition coefficient (Wildman–Crippen LogP) is 1.87. The Morgan fingerprint density at radius 3 is 2.74 bits per heavy atom. The lowest BCUT2D eigenvalue weighted by Gasteiger charge is -2.45. The zero-order valence-electron chi connectivity index (χ0n) is 11.2. The van der Waals surface area contributed by atoms with Crippen LogP contribution in [0.15, 0.2) is 28.7 Å². The molecular formula is C14H19BrN2O2. The summed E-state index contributed by atoms with van der Waals surface area (Å²) in [4.78, 5) is 16.2. The van der Waals surface area contributed by atoms with Crippen LogP contribution < -0.4 is 4.90 Å². The van der Waals surface area contributed by atoms with Gasteiger partial charge in [0.2, 0.25) is 5.91 Å². The molecular weight excluding hydrogens is 308 g/mol. The number of benzene rings is 1. The van der Waals surface area contributed by atoms with Crippen LogP contribution in [0.2, 0.25) is 0 Å². The number of aliphatic hydroxyl groups is 1. The quantitative estimate of drug-likeness (QED) is 0.922. The number of rotatable bonds is 3. The number of nitrogens with zero attached hydrogens (tertiary/aromatic N) is 2. The van der Waals surface area contributed by atoms with E-state index in [9.17, 15) is 9.90 Å². The Balaban J connectivity index is 2.39. The Kier molecular flexibility index (Phi) is 4.47. The summed E-state index contributed by atoms with van der Waals surface area (Å²) in [6.07, 6.45) is 0.453. The SMILES string of the molecule is CC1CN(C)C(=O)C(CCO)N1c1ccccc1Br. The van der Waals surface area contributed by atoms with E-state index in [0.29, 0.717) is 13.0 Å². The van der Waals surface area contributed by atoms with Crippen molar-refractivity contribution in [1.82, 2.24) is 4.90 Å². The van der Waals surface area contributed by atoms with Crippen molar-refractivity contribution in [1.29, 1.82) is 0 Å². The van der Waals surface area contributed by atoms with E-state index in [4.69, 9.17) is 0 Å². The summed E-state index contributed by atoms with van der Waals surface area (Å²) in [6, 6.07) is 7.82. The molecule has 0 saturated carbocycles. The van der Waals surface area contributed by atoms with Crippen LogP contribution in [-0.2, 0) is 4.79 Å². The Morgan fingerprint density at radius 2 is 2.11 bits per heavy atom. The summed E-state index contributed by atoms with van der Waals surface area (Å²) in [5.74, 6) is 0.0721. The normalized spacial score (nSPS) is 23.9. The van der Waals surface area contributed by atoms with Gasteiger partial charge in [-0.15, -0.1) is 0 Å². The molecule has 1 fully saturated rings. The highest BCUT2D eigenvalue weighted by Crippen LogP contribution is 2.32. The fourth-order valence-electron chi connectivity index (χ4n) is 2.71. The highest BCUT2D eigenvalue weighted by molar-refractivity contribution is 9.10. The maximum atomic E-state index is 12.3. The summed E-state index contributed by atoms with van der Waals surface area (Å²) in [5, 5.41) is 9.23. The number of carbonyl (C=O) groups is 1. The molecule has 19 heavy (non-hydrogen) atoms. The summed E-state index contributed by atoms with van der Waals surface area (Å²) < 4.78 is 0.974. The molecule has 1 aromatic rings. The zero-order valence-corrected chi connectivity index (χ0v) is 12.8. The van der Waals surface area contributed by atoms with Crippen molar-refractivity contribution < 1.29 is 9.90 Å². The topological polar surface area (TPSA) is 43.8 Å². The Labute approximate surface area is 122 Å². The first-order valence-corrected chi connectivity index (χ1v) is 7.24. The highest BCUT2D eigenvalue weighted by Gasteiger charge is 2.37. The molecule has 2 unspecified atom stereocenters. The molecule has 0 spiro atoms. The molecule has 2 rings (SSSR count). The monoisotopic (exact) mass is 326 g/mol. The third-order valence-electron chi connectivity index (χ3n) is 3.54. The van der Waals surface area contributed by atoms with E-state index in [1.807, 2.05) is 31.3 Å². The Hall–Kier alpha value is -1.07. The largest absolute Gasteiger partial charge is 0.396 e. The molecule has 0 bridgehead atoms. The van der Waals surface area contributed by atoms with Gasteiger partial charge in [-0.05, 0) is 41.4 Å². The first-order chi connectivity index (χ1) is 9.06. The molecule has 4 nitrogen and oxygen atoms in total. The van der Waals surface area contributed by atoms with Crippen LogP contribution in [0.25, 0.3) is 0 Å². The van der Waals surface area contributed by atoms with Crippen molar-refractivity contribution in [3.05, 3.63) is 28.7 Å². The number of likely N-dealkylation sites (N-methyl/N-ethyl adjacent to an activating group) is 1. The van der Waals surface area contributed by atoms with E-state index >= 15 is 0 Å². The maximum Gasteiger partial charge on any atom is 0.245 e. The second kappa shape index (κ2) is 5.92. The molecule has 1 aliphatic heterocycles. The Bertz CT molecular complexity index is 467. The lowest BCUT2D eigenvalue weighted by atomic mass is 10.0. The molecule has 1 aromatic carbocycles. The number of piperazine rings is 1. The van der Waals surface area contributed by atoms with Crippen LogP contribution in [0.5, 0.6) is 0 Å². The van der Waals surface area contributed by atoms with Gasteiger partial charge in [-0.2, -0.15) is 0 Å². The van der Waals surface area contributed by atoms with E-state index < -0.39 is 0 Å². The molecule has 1 N–H and O–H groups in total. The van der Waals surface area contributed by atoms with Gasteiger partial charge in [-0.25, -0.2) is 0 Å². The zero-order chi connectivity index (χ0) is 14.0. The first-order valence-electron chi connectivity index (χ1n) is 6.45. The number of para-hydroxylation sites is 1. The average molecular weight is 327 g/mol. The smallest absolute Gasteiger partial charge is 0.245 e. The molecule has 1 saturated heterocycles. The number of anilines is 1. The van der Waals surface area contributed by atoms with Gasteiger partial charge < -0.3 is 14.9 Å². The lowest BCUT2D eigenvalue weighted by molar-refractivity contribution is -0.134. The van der Waals surface area contributed by atoms with E-state index in [-0.39, 0.29) is 24.6 Å². The summed E-state index contributed by atoms with van der Waals surface area (Å²) >= 11 is 3.54. The third kappa shape index (κ3) is 2.77. The molecule has 0 aromatic heterocycles. The van der Waals surface area contributed by atoms with Gasteiger partial charge in [0.1, 0.15) is 6.04 Å². The summed E-state index contributed by atoms with van der Waals surface area (Å²) in [5.41, 5.74) is 1.01. The van der Waals surface area contributed by atoms with Crippen LogP contribution in [0.3, 0.4) is 0 Å². The van der Waals surface area contributed by atoms with Gasteiger partial charge in [-0.1, -0.05) is 12.1 Å². The van der Waals surface area contributed by atoms with Crippen molar-refractivity contribution in [2.45, 2.75) is 25.4 Å². The van der Waals surface area contributed by atoms with Crippen molar-refractivity contribution >= 4 is 27.5 Å². The minimum atomic E-state index is -0.294.